The zero-order valence-corrected chi connectivity index (χ0v) is 12.0. The van der Waals surface area contributed by atoms with E-state index < -0.39 is 5.97 Å². The summed E-state index contributed by atoms with van der Waals surface area (Å²) in [6.45, 7) is 4.46. The van der Waals surface area contributed by atoms with Crippen molar-refractivity contribution >= 4 is 12.0 Å². The zero-order valence-electron chi connectivity index (χ0n) is 12.0. The van der Waals surface area contributed by atoms with Gasteiger partial charge in [0, 0.05) is 12.6 Å². The Labute approximate surface area is 119 Å². The maximum Gasteiger partial charge on any atom is 0.335 e. The molecule has 3 N–H and O–H groups in total. The van der Waals surface area contributed by atoms with E-state index in [0.29, 0.717) is 13.0 Å². The van der Waals surface area contributed by atoms with Gasteiger partial charge < -0.3 is 15.7 Å². The minimum Gasteiger partial charge on any atom is -0.478 e. The molecule has 0 saturated carbocycles. The van der Waals surface area contributed by atoms with Crippen molar-refractivity contribution in [2.45, 2.75) is 39.2 Å². The maximum absolute atomic E-state index is 11.6. The van der Waals surface area contributed by atoms with Crippen LogP contribution in [0.15, 0.2) is 24.3 Å². The first kappa shape index (κ1) is 16.0. The Kier molecular flexibility index (Phi) is 6.56. The monoisotopic (exact) mass is 278 g/mol. The lowest BCUT2D eigenvalue weighted by Gasteiger charge is -2.15. The van der Waals surface area contributed by atoms with E-state index in [4.69, 9.17) is 5.11 Å². The van der Waals surface area contributed by atoms with Crippen molar-refractivity contribution in [2.24, 2.45) is 0 Å². The van der Waals surface area contributed by atoms with E-state index >= 15 is 0 Å². The third-order valence-electron chi connectivity index (χ3n) is 3.25. The molecule has 0 heterocycles. The Morgan fingerprint density at radius 3 is 2.45 bits per heavy atom. The molecule has 20 heavy (non-hydrogen) atoms. The highest BCUT2D eigenvalue weighted by molar-refractivity contribution is 5.89. The largest absolute Gasteiger partial charge is 0.478 e. The van der Waals surface area contributed by atoms with Crippen LogP contribution in [0.4, 0.5) is 4.79 Å². The van der Waals surface area contributed by atoms with Crippen molar-refractivity contribution in [1.82, 2.24) is 10.6 Å². The molecule has 0 aliphatic heterocycles. The van der Waals surface area contributed by atoms with Crippen LogP contribution < -0.4 is 10.6 Å². The molecule has 110 valence electrons. The topological polar surface area (TPSA) is 78.4 Å². The molecule has 0 aromatic heterocycles. The first-order chi connectivity index (χ1) is 9.58. The second-order valence-corrected chi connectivity index (χ2v) is 4.63. The fourth-order valence-electron chi connectivity index (χ4n) is 1.99. The summed E-state index contributed by atoms with van der Waals surface area (Å²) >= 11 is 0. The number of hydrogen-bond donors (Lipinski definition) is 3. The summed E-state index contributed by atoms with van der Waals surface area (Å²) in [6, 6.07) is 6.81. The number of carboxylic acid groups (broad SMARTS) is 1. The van der Waals surface area contributed by atoms with Crippen molar-refractivity contribution in [3.63, 3.8) is 0 Å². The Morgan fingerprint density at radius 1 is 1.20 bits per heavy atom. The average Bonchev–Trinajstić information content (AvgIpc) is 2.45. The number of benzene rings is 1. The van der Waals surface area contributed by atoms with Crippen molar-refractivity contribution in [2.75, 3.05) is 6.54 Å². The molecule has 1 rings (SSSR count). The molecule has 1 aromatic rings. The number of hydrogen-bond acceptors (Lipinski definition) is 2. The van der Waals surface area contributed by atoms with E-state index in [9.17, 15) is 9.59 Å². The summed E-state index contributed by atoms with van der Waals surface area (Å²) in [5.41, 5.74) is 1.01. The number of carbonyl (C=O) groups is 2. The smallest absolute Gasteiger partial charge is 0.335 e. The van der Waals surface area contributed by atoms with E-state index in [1.54, 1.807) is 24.3 Å². The Hall–Kier alpha value is -2.04. The molecule has 0 aliphatic rings. The van der Waals surface area contributed by atoms with Crippen LogP contribution >= 0.6 is 0 Å². The van der Waals surface area contributed by atoms with Gasteiger partial charge in [0.2, 0.25) is 0 Å². The lowest BCUT2D eigenvalue weighted by atomic mass is 10.0. The molecular formula is C15H22N2O3. The van der Waals surface area contributed by atoms with Crippen LogP contribution in [0.3, 0.4) is 0 Å². The Balaban J connectivity index is 2.45. The molecule has 0 aliphatic carbocycles. The summed E-state index contributed by atoms with van der Waals surface area (Å²) in [7, 11) is 0. The van der Waals surface area contributed by atoms with E-state index in [-0.39, 0.29) is 17.6 Å². The van der Waals surface area contributed by atoms with Gasteiger partial charge in [0.25, 0.3) is 0 Å². The third-order valence-corrected chi connectivity index (χ3v) is 3.25. The lowest BCUT2D eigenvalue weighted by molar-refractivity contribution is 0.0695. The number of rotatable bonds is 7. The molecule has 1 aromatic carbocycles. The second kappa shape index (κ2) is 8.19. The third kappa shape index (κ3) is 4.91. The van der Waals surface area contributed by atoms with Crippen molar-refractivity contribution in [3.05, 3.63) is 35.4 Å². The predicted molar refractivity (Wildman–Crippen MR) is 78.0 cm³/mol. The highest BCUT2D eigenvalue weighted by atomic mass is 16.4. The van der Waals surface area contributed by atoms with Gasteiger partial charge in [-0.05, 0) is 30.9 Å². The van der Waals surface area contributed by atoms with Crippen molar-refractivity contribution in [1.29, 1.82) is 0 Å². The van der Waals surface area contributed by atoms with Gasteiger partial charge in [-0.1, -0.05) is 32.0 Å². The SMILES string of the molecule is CCC(CC)NC(=O)NCCc1ccccc1C(=O)O. The van der Waals surface area contributed by atoms with Crippen LogP contribution in [-0.2, 0) is 6.42 Å². The quantitative estimate of drug-likeness (QED) is 0.716. The maximum atomic E-state index is 11.6. The van der Waals surface area contributed by atoms with Crippen LogP contribution in [0.1, 0.15) is 42.6 Å². The Bertz CT molecular complexity index is 456. The van der Waals surface area contributed by atoms with Crippen LogP contribution in [0, 0.1) is 0 Å². The standard InChI is InChI=1S/C15H22N2O3/c1-3-12(4-2)17-15(20)16-10-9-11-7-5-6-8-13(11)14(18)19/h5-8,12H,3-4,9-10H2,1-2H3,(H,18,19)(H2,16,17,20). The minimum atomic E-state index is -0.943. The van der Waals surface area contributed by atoms with Crippen LogP contribution in [0.5, 0.6) is 0 Å². The summed E-state index contributed by atoms with van der Waals surface area (Å²) in [5.74, 6) is -0.943. The second-order valence-electron chi connectivity index (χ2n) is 4.63. The molecule has 0 spiro atoms. The van der Waals surface area contributed by atoms with Crippen LogP contribution in [-0.4, -0.2) is 29.7 Å². The van der Waals surface area contributed by atoms with E-state index in [1.807, 2.05) is 13.8 Å². The molecule has 0 radical (unpaired) electrons. The van der Waals surface area contributed by atoms with E-state index in [1.165, 1.54) is 0 Å². The lowest BCUT2D eigenvalue weighted by Crippen LogP contribution is -2.42. The van der Waals surface area contributed by atoms with Gasteiger partial charge in [0.1, 0.15) is 0 Å². The van der Waals surface area contributed by atoms with Gasteiger partial charge in [-0.25, -0.2) is 9.59 Å². The minimum absolute atomic E-state index is 0.182. The molecule has 5 nitrogen and oxygen atoms in total. The van der Waals surface area contributed by atoms with Gasteiger partial charge in [-0.15, -0.1) is 0 Å². The normalized spacial score (nSPS) is 10.3. The van der Waals surface area contributed by atoms with E-state index in [2.05, 4.69) is 10.6 Å². The molecule has 0 atom stereocenters. The number of urea groups is 1. The van der Waals surface area contributed by atoms with Crippen molar-refractivity contribution < 1.29 is 14.7 Å². The molecular weight excluding hydrogens is 256 g/mol. The van der Waals surface area contributed by atoms with Gasteiger partial charge in [-0.3, -0.25) is 0 Å². The van der Waals surface area contributed by atoms with Gasteiger partial charge in [0.05, 0.1) is 5.56 Å². The highest BCUT2D eigenvalue weighted by Gasteiger charge is 2.10. The average molecular weight is 278 g/mol. The number of amides is 2. The van der Waals surface area contributed by atoms with Crippen LogP contribution in [0.25, 0.3) is 0 Å². The summed E-state index contributed by atoms with van der Waals surface area (Å²) in [5, 5.41) is 14.7. The predicted octanol–water partition coefficient (Wildman–Crippen LogP) is 2.42. The fraction of sp³-hybridized carbons (Fsp3) is 0.467. The molecule has 2 amide bonds. The number of carboxylic acids is 1. The zero-order chi connectivity index (χ0) is 15.0. The number of carbonyl (C=O) groups excluding carboxylic acids is 1. The molecule has 0 unspecified atom stereocenters. The number of aromatic carboxylic acids is 1. The van der Waals surface area contributed by atoms with E-state index in [0.717, 1.165) is 18.4 Å². The summed E-state index contributed by atoms with van der Waals surface area (Å²) in [4.78, 5) is 22.7. The number of nitrogens with one attached hydrogen (secondary N) is 2. The molecule has 5 heteroatoms. The van der Waals surface area contributed by atoms with Crippen molar-refractivity contribution in [3.8, 4) is 0 Å². The first-order valence-electron chi connectivity index (χ1n) is 6.94. The fourth-order valence-corrected chi connectivity index (χ4v) is 1.99. The Morgan fingerprint density at radius 2 is 1.85 bits per heavy atom. The molecule has 0 saturated heterocycles. The summed E-state index contributed by atoms with van der Waals surface area (Å²) < 4.78 is 0. The van der Waals surface area contributed by atoms with Crippen LogP contribution in [0.2, 0.25) is 0 Å². The molecule has 0 fully saturated rings. The molecule has 0 bridgehead atoms. The van der Waals surface area contributed by atoms with Gasteiger partial charge >= 0.3 is 12.0 Å². The highest BCUT2D eigenvalue weighted by Crippen LogP contribution is 2.08. The summed E-state index contributed by atoms with van der Waals surface area (Å²) in [6.07, 6.45) is 2.29. The first-order valence-corrected chi connectivity index (χ1v) is 6.94. The van der Waals surface area contributed by atoms with Gasteiger partial charge in [0.15, 0.2) is 0 Å². The van der Waals surface area contributed by atoms with Gasteiger partial charge in [-0.2, -0.15) is 0 Å².